The summed E-state index contributed by atoms with van der Waals surface area (Å²) in [5, 5.41) is 72.0. The average Bonchev–Trinajstić information content (AvgIpc) is 3.42. The van der Waals surface area contributed by atoms with Gasteiger partial charge in [0.15, 0.2) is 12.1 Å². The Morgan fingerprint density at radius 3 is 1.94 bits per heavy atom. The molecule has 8 unspecified atom stereocenters. The van der Waals surface area contributed by atoms with Gasteiger partial charge < -0.3 is 50.5 Å². The molecule has 3 rings (SSSR count). The van der Waals surface area contributed by atoms with Crippen LogP contribution in [-0.2, 0) is 30.3 Å². The topological polar surface area (TPSA) is 223 Å². The van der Waals surface area contributed by atoms with Crippen molar-refractivity contribution in [2.45, 2.75) is 165 Å². The first-order chi connectivity index (χ1) is 25.4. The number of carbonyl (C=O) groups is 3. The van der Waals surface area contributed by atoms with E-state index in [4.69, 9.17) is 9.47 Å². The molecule has 0 spiro atoms. The highest BCUT2D eigenvalue weighted by Crippen LogP contribution is 2.26. The van der Waals surface area contributed by atoms with Crippen molar-refractivity contribution in [1.29, 1.82) is 0 Å². The second kappa shape index (κ2) is 23.8. The fraction of sp³-hybridized carbons (Fsp3) is 0.725. The molecule has 300 valence electrons. The Hall–Kier alpha value is -2.91. The minimum atomic E-state index is -1.51. The number of rotatable bonds is 26. The van der Waals surface area contributed by atoms with Gasteiger partial charge in [-0.05, 0) is 43.4 Å². The third kappa shape index (κ3) is 15.0. The molecule has 2 aliphatic heterocycles. The molecule has 2 aliphatic rings. The van der Waals surface area contributed by atoms with Crippen LogP contribution in [0.5, 0.6) is 5.75 Å². The van der Waals surface area contributed by atoms with Crippen molar-refractivity contribution in [3.8, 4) is 5.75 Å². The van der Waals surface area contributed by atoms with E-state index in [1.165, 1.54) is 12.1 Å². The van der Waals surface area contributed by atoms with E-state index in [2.05, 4.69) is 5.32 Å². The van der Waals surface area contributed by atoms with Crippen LogP contribution in [0.2, 0.25) is 0 Å². The molecule has 2 saturated heterocycles. The molecule has 13 heteroatoms. The standard InChI is InChI=1S/C40H63NO12/c1-26(34(46)33-35(47)31(41-39(33)51)23-27-19-21-29(44)22-20-27)15-11-7-5-6-9-13-17-28(43)16-12-8-3-2-4-10-14-18-30(45)25-52-40-38(50)37(49)36(48)32(24-42)53-40/h19-22,26,30-32,36-38,40,42,44-46,48-50H,2-18,23-25H2,1H3,(H,41,51)/b34-33+. The largest absolute Gasteiger partial charge is 0.511 e. The number of nitrogens with one attached hydrogen (secondary N) is 1. The maximum atomic E-state index is 12.9. The van der Waals surface area contributed by atoms with E-state index in [1.54, 1.807) is 12.1 Å². The number of amides is 1. The molecule has 8 N–H and O–H groups in total. The van der Waals surface area contributed by atoms with Crippen molar-refractivity contribution in [1.82, 2.24) is 5.32 Å². The van der Waals surface area contributed by atoms with Crippen molar-refractivity contribution in [3.05, 3.63) is 41.2 Å². The monoisotopic (exact) mass is 749 g/mol. The van der Waals surface area contributed by atoms with Crippen LogP contribution in [-0.4, -0.2) is 109 Å². The number of Topliss-reactive ketones (excluding diaryl/α,β-unsaturated/α-hetero) is 2. The van der Waals surface area contributed by atoms with Gasteiger partial charge >= 0.3 is 0 Å². The summed E-state index contributed by atoms with van der Waals surface area (Å²) in [6, 6.07) is 5.73. The molecule has 0 bridgehead atoms. The molecule has 2 fully saturated rings. The van der Waals surface area contributed by atoms with E-state index in [-0.39, 0.29) is 29.6 Å². The van der Waals surface area contributed by atoms with Gasteiger partial charge in [-0.3, -0.25) is 14.4 Å². The number of phenolic OH excluding ortho intramolecular Hbond substituents is 1. The maximum Gasteiger partial charge on any atom is 0.259 e. The third-order valence-corrected chi connectivity index (χ3v) is 10.3. The number of aromatic hydroxyl groups is 1. The minimum absolute atomic E-state index is 0.0957. The minimum Gasteiger partial charge on any atom is -0.511 e. The average molecular weight is 750 g/mol. The number of phenols is 1. The Kier molecular flexibility index (Phi) is 20.0. The summed E-state index contributed by atoms with van der Waals surface area (Å²) >= 11 is 0. The lowest BCUT2D eigenvalue weighted by Gasteiger charge is -2.39. The Bertz CT molecular complexity index is 1280. The van der Waals surface area contributed by atoms with Crippen molar-refractivity contribution in [3.63, 3.8) is 0 Å². The van der Waals surface area contributed by atoms with Gasteiger partial charge in [0, 0.05) is 25.2 Å². The molecule has 0 radical (unpaired) electrons. The van der Waals surface area contributed by atoms with Gasteiger partial charge in [0.2, 0.25) is 0 Å². The highest BCUT2D eigenvalue weighted by atomic mass is 16.7. The Morgan fingerprint density at radius 1 is 0.811 bits per heavy atom. The quantitative estimate of drug-likeness (QED) is 0.0293. The number of hydrogen-bond acceptors (Lipinski definition) is 12. The molecule has 0 aliphatic carbocycles. The van der Waals surface area contributed by atoms with Gasteiger partial charge in [0.05, 0.1) is 25.4 Å². The molecule has 8 atom stereocenters. The lowest BCUT2D eigenvalue weighted by atomic mass is 9.94. The van der Waals surface area contributed by atoms with Crippen molar-refractivity contribution in [2.75, 3.05) is 13.2 Å². The fourth-order valence-corrected chi connectivity index (χ4v) is 6.90. The van der Waals surface area contributed by atoms with E-state index >= 15 is 0 Å². The van der Waals surface area contributed by atoms with Crippen molar-refractivity contribution < 1.29 is 59.6 Å². The van der Waals surface area contributed by atoms with E-state index in [0.717, 1.165) is 89.0 Å². The number of ketones is 2. The van der Waals surface area contributed by atoms with Gasteiger partial charge in [-0.15, -0.1) is 0 Å². The summed E-state index contributed by atoms with van der Waals surface area (Å²) in [5.41, 5.74) is 0.663. The molecular weight excluding hydrogens is 686 g/mol. The molecule has 1 aromatic carbocycles. The van der Waals surface area contributed by atoms with E-state index in [9.17, 15) is 50.1 Å². The van der Waals surface area contributed by atoms with E-state index in [0.29, 0.717) is 37.9 Å². The van der Waals surface area contributed by atoms with Crippen LogP contribution >= 0.6 is 0 Å². The Morgan fingerprint density at radius 2 is 1.36 bits per heavy atom. The second-order valence-electron chi connectivity index (χ2n) is 14.8. The Balaban J connectivity index is 1.12. The maximum absolute atomic E-state index is 12.9. The number of carbonyl (C=O) groups excluding carboxylic acids is 3. The van der Waals surface area contributed by atoms with Crippen LogP contribution < -0.4 is 5.32 Å². The molecule has 0 aromatic heterocycles. The van der Waals surface area contributed by atoms with Crippen LogP contribution in [0.25, 0.3) is 0 Å². The predicted octanol–water partition coefficient (Wildman–Crippen LogP) is 3.83. The highest BCUT2D eigenvalue weighted by Gasteiger charge is 2.44. The number of benzene rings is 1. The number of aliphatic hydroxyl groups excluding tert-OH is 6. The predicted molar refractivity (Wildman–Crippen MR) is 197 cm³/mol. The van der Waals surface area contributed by atoms with Crippen LogP contribution in [0.15, 0.2) is 35.6 Å². The summed E-state index contributed by atoms with van der Waals surface area (Å²) in [6.45, 7) is 1.20. The van der Waals surface area contributed by atoms with Crippen LogP contribution in [0.3, 0.4) is 0 Å². The lowest BCUT2D eigenvalue weighted by molar-refractivity contribution is -0.304. The fourth-order valence-electron chi connectivity index (χ4n) is 6.90. The number of ether oxygens (including phenoxy) is 2. The van der Waals surface area contributed by atoms with Gasteiger partial charge in [-0.25, -0.2) is 0 Å². The summed E-state index contributed by atoms with van der Waals surface area (Å²) in [5.74, 6) is -0.934. The molecule has 1 amide bonds. The zero-order valence-corrected chi connectivity index (χ0v) is 31.2. The molecular formula is C40H63NO12. The number of aliphatic hydroxyl groups is 6. The first-order valence-corrected chi connectivity index (χ1v) is 19.6. The first kappa shape index (κ1) is 44.5. The molecule has 2 heterocycles. The number of unbranched alkanes of at least 4 members (excludes halogenated alkanes) is 11. The van der Waals surface area contributed by atoms with Crippen LogP contribution in [0.4, 0.5) is 0 Å². The summed E-state index contributed by atoms with van der Waals surface area (Å²) in [6.07, 6.45) is 7.90. The second-order valence-corrected chi connectivity index (χ2v) is 14.8. The van der Waals surface area contributed by atoms with E-state index < -0.39 is 61.1 Å². The molecule has 53 heavy (non-hydrogen) atoms. The van der Waals surface area contributed by atoms with Crippen molar-refractivity contribution in [2.24, 2.45) is 5.92 Å². The number of allylic oxidation sites excluding steroid dienone is 1. The number of hydrogen-bond donors (Lipinski definition) is 8. The smallest absolute Gasteiger partial charge is 0.259 e. The zero-order chi connectivity index (χ0) is 38.8. The zero-order valence-electron chi connectivity index (χ0n) is 31.2. The lowest BCUT2D eigenvalue weighted by Crippen LogP contribution is -2.59. The van der Waals surface area contributed by atoms with Gasteiger partial charge in [-0.1, -0.05) is 89.7 Å². The third-order valence-electron chi connectivity index (χ3n) is 10.3. The molecule has 0 saturated carbocycles. The summed E-state index contributed by atoms with van der Waals surface area (Å²) < 4.78 is 10.7. The van der Waals surface area contributed by atoms with Gasteiger partial charge in [0.1, 0.15) is 47.3 Å². The van der Waals surface area contributed by atoms with Crippen LogP contribution in [0, 0.1) is 5.92 Å². The molecule has 13 nitrogen and oxygen atoms in total. The van der Waals surface area contributed by atoms with Crippen molar-refractivity contribution >= 4 is 17.5 Å². The first-order valence-electron chi connectivity index (χ1n) is 19.6. The summed E-state index contributed by atoms with van der Waals surface area (Å²) in [4.78, 5) is 37.7. The summed E-state index contributed by atoms with van der Waals surface area (Å²) in [7, 11) is 0. The molecule has 1 aromatic rings. The van der Waals surface area contributed by atoms with Crippen LogP contribution in [0.1, 0.15) is 122 Å². The highest BCUT2D eigenvalue weighted by molar-refractivity contribution is 6.27. The normalized spacial score (nSPS) is 25.3. The van der Waals surface area contributed by atoms with Gasteiger partial charge in [-0.2, -0.15) is 0 Å². The van der Waals surface area contributed by atoms with E-state index in [1.807, 2.05) is 6.92 Å². The SMILES string of the molecule is CC(CCCCCCCCC(=O)CCCCCCCCCC(O)COC1OC(CO)C(O)C(O)C1O)/C(O)=C1\C(=O)NC(Cc2ccc(O)cc2)C1=O. The van der Waals surface area contributed by atoms with Gasteiger partial charge in [0.25, 0.3) is 5.91 Å². The Labute approximate surface area is 313 Å².